The maximum Gasteiger partial charge on any atom is 0.0468 e. The van der Waals surface area contributed by atoms with Gasteiger partial charge in [0.05, 0.1) is 0 Å². The van der Waals surface area contributed by atoms with Gasteiger partial charge in [-0.05, 0) is 30.9 Å². The standard InChI is InChI=1S/C11H13Cl2N/c12-8-5-2-6-9(13)10(8)11(14)7-3-1-4-7/h2,5-7,11H,1,3-4,14H2/t11-/m0/s1. The van der Waals surface area contributed by atoms with Crippen molar-refractivity contribution in [3.05, 3.63) is 33.8 Å². The van der Waals surface area contributed by atoms with Crippen LogP contribution < -0.4 is 5.73 Å². The van der Waals surface area contributed by atoms with Crippen LogP contribution in [0, 0.1) is 5.92 Å². The molecule has 1 aromatic carbocycles. The van der Waals surface area contributed by atoms with Crippen molar-refractivity contribution >= 4 is 23.2 Å². The molecule has 1 atom stereocenters. The number of benzene rings is 1. The maximum absolute atomic E-state index is 6.13. The zero-order valence-corrected chi connectivity index (χ0v) is 9.35. The highest BCUT2D eigenvalue weighted by atomic mass is 35.5. The van der Waals surface area contributed by atoms with E-state index < -0.39 is 0 Å². The molecule has 0 aliphatic heterocycles. The molecule has 0 aromatic heterocycles. The van der Waals surface area contributed by atoms with E-state index in [-0.39, 0.29) is 6.04 Å². The van der Waals surface area contributed by atoms with Crippen molar-refractivity contribution in [1.29, 1.82) is 0 Å². The first-order valence-electron chi connectivity index (χ1n) is 4.89. The van der Waals surface area contributed by atoms with Crippen LogP contribution in [-0.4, -0.2) is 0 Å². The summed E-state index contributed by atoms with van der Waals surface area (Å²) in [6.45, 7) is 0. The highest BCUT2D eigenvalue weighted by Gasteiger charge is 2.28. The Hall–Kier alpha value is -0.240. The maximum atomic E-state index is 6.13. The van der Waals surface area contributed by atoms with Gasteiger partial charge < -0.3 is 5.73 Å². The van der Waals surface area contributed by atoms with Crippen molar-refractivity contribution in [3.63, 3.8) is 0 Å². The normalized spacial score (nSPS) is 19.1. The Morgan fingerprint density at radius 1 is 1.21 bits per heavy atom. The summed E-state index contributed by atoms with van der Waals surface area (Å²) in [5, 5.41) is 1.38. The van der Waals surface area contributed by atoms with E-state index in [2.05, 4.69) is 0 Å². The predicted octanol–water partition coefficient (Wildman–Crippen LogP) is 3.79. The summed E-state index contributed by atoms with van der Waals surface area (Å²) in [5.74, 6) is 0.562. The first kappa shape index (κ1) is 10.3. The van der Waals surface area contributed by atoms with Crippen molar-refractivity contribution in [2.45, 2.75) is 25.3 Å². The molecule has 1 saturated carbocycles. The molecule has 0 spiro atoms. The molecule has 14 heavy (non-hydrogen) atoms. The van der Waals surface area contributed by atoms with E-state index in [0.29, 0.717) is 16.0 Å². The number of nitrogens with two attached hydrogens (primary N) is 1. The summed E-state index contributed by atoms with van der Waals surface area (Å²) in [5.41, 5.74) is 7.05. The summed E-state index contributed by atoms with van der Waals surface area (Å²) >= 11 is 12.2. The molecule has 0 unspecified atom stereocenters. The first-order chi connectivity index (χ1) is 6.70. The van der Waals surface area contributed by atoms with Crippen molar-refractivity contribution in [2.24, 2.45) is 11.7 Å². The van der Waals surface area contributed by atoms with Crippen molar-refractivity contribution in [1.82, 2.24) is 0 Å². The molecule has 1 aliphatic rings. The Morgan fingerprint density at radius 2 is 1.79 bits per heavy atom. The Morgan fingerprint density at radius 3 is 2.21 bits per heavy atom. The fourth-order valence-corrected chi connectivity index (χ4v) is 2.51. The lowest BCUT2D eigenvalue weighted by molar-refractivity contribution is 0.264. The van der Waals surface area contributed by atoms with E-state index in [1.165, 1.54) is 19.3 Å². The van der Waals surface area contributed by atoms with Crippen LogP contribution in [0.15, 0.2) is 18.2 Å². The molecule has 3 heteroatoms. The molecular formula is C11H13Cl2N. The minimum atomic E-state index is 0.00458. The fraction of sp³-hybridized carbons (Fsp3) is 0.455. The summed E-state index contributed by atoms with van der Waals surface area (Å²) in [7, 11) is 0. The minimum absolute atomic E-state index is 0.00458. The summed E-state index contributed by atoms with van der Waals surface area (Å²) in [4.78, 5) is 0. The zero-order valence-electron chi connectivity index (χ0n) is 7.84. The van der Waals surface area contributed by atoms with Crippen LogP contribution in [-0.2, 0) is 0 Å². The van der Waals surface area contributed by atoms with Gasteiger partial charge in [-0.1, -0.05) is 35.7 Å². The molecule has 1 aromatic rings. The second-order valence-electron chi connectivity index (χ2n) is 3.85. The molecule has 2 N–H and O–H groups in total. The average molecular weight is 230 g/mol. The number of rotatable bonds is 2. The quantitative estimate of drug-likeness (QED) is 0.821. The zero-order chi connectivity index (χ0) is 10.1. The lowest BCUT2D eigenvalue weighted by Gasteiger charge is -2.32. The van der Waals surface area contributed by atoms with Crippen LogP contribution in [0.25, 0.3) is 0 Å². The van der Waals surface area contributed by atoms with E-state index in [9.17, 15) is 0 Å². The van der Waals surface area contributed by atoms with Crippen LogP contribution in [0.2, 0.25) is 10.0 Å². The topological polar surface area (TPSA) is 26.0 Å². The van der Waals surface area contributed by atoms with E-state index in [1.807, 2.05) is 18.2 Å². The van der Waals surface area contributed by atoms with Gasteiger partial charge in [0, 0.05) is 21.7 Å². The van der Waals surface area contributed by atoms with Gasteiger partial charge in [-0.3, -0.25) is 0 Å². The molecule has 0 amide bonds. The number of hydrogen-bond donors (Lipinski definition) is 1. The van der Waals surface area contributed by atoms with E-state index in [0.717, 1.165) is 5.56 Å². The van der Waals surface area contributed by atoms with Gasteiger partial charge in [0.2, 0.25) is 0 Å². The van der Waals surface area contributed by atoms with Gasteiger partial charge in [-0.15, -0.1) is 0 Å². The fourth-order valence-electron chi connectivity index (χ4n) is 1.86. The van der Waals surface area contributed by atoms with Gasteiger partial charge in [-0.25, -0.2) is 0 Å². The lowest BCUT2D eigenvalue weighted by atomic mass is 9.77. The summed E-state index contributed by atoms with van der Waals surface area (Å²) < 4.78 is 0. The molecular weight excluding hydrogens is 217 g/mol. The molecule has 2 rings (SSSR count). The number of hydrogen-bond acceptors (Lipinski definition) is 1. The minimum Gasteiger partial charge on any atom is -0.324 e. The van der Waals surface area contributed by atoms with E-state index in [4.69, 9.17) is 28.9 Å². The molecule has 0 radical (unpaired) electrons. The molecule has 0 saturated heterocycles. The summed E-state index contributed by atoms with van der Waals surface area (Å²) in [6, 6.07) is 5.55. The molecule has 1 aliphatic carbocycles. The summed E-state index contributed by atoms with van der Waals surface area (Å²) in [6.07, 6.45) is 3.67. The largest absolute Gasteiger partial charge is 0.324 e. The molecule has 1 fully saturated rings. The highest BCUT2D eigenvalue weighted by molar-refractivity contribution is 6.36. The van der Waals surface area contributed by atoms with Gasteiger partial charge >= 0.3 is 0 Å². The third-order valence-corrected chi connectivity index (χ3v) is 3.65. The third-order valence-electron chi connectivity index (χ3n) is 2.99. The molecule has 0 heterocycles. The Bertz CT molecular complexity index is 314. The monoisotopic (exact) mass is 229 g/mol. The molecule has 0 bridgehead atoms. The lowest BCUT2D eigenvalue weighted by Crippen LogP contribution is -2.27. The van der Waals surface area contributed by atoms with Crippen LogP contribution in [0.4, 0.5) is 0 Å². The van der Waals surface area contributed by atoms with Crippen molar-refractivity contribution in [2.75, 3.05) is 0 Å². The van der Waals surface area contributed by atoms with Gasteiger partial charge in [0.1, 0.15) is 0 Å². The van der Waals surface area contributed by atoms with Crippen LogP contribution in [0.1, 0.15) is 30.9 Å². The second kappa shape index (κ2) is 4.09. The highest BCUT2D eigenvalue weighted by Crippen LogP contribution is 2.40. The average Bonchev–Trinajstić information content (AvgIpc) is 2.00. The van der Waals surface area contributed by atoms with Crippen molar-refractivity contribution in [3.8, 4) is 0 Å². The van der Waals surface area contributed by atoms with Crippen molar-refractivity contribution < 1.29 is 0 Å². The molecule has 1 nitrogen and oxygen atoms in total. The predicted molar refractivity (Wildman–Crippen MR) is 60.7 cm³/mol. The van der Waals surface area contributed by atoms with Gasteiger partial charge in [-0.2, -0.15) is 0 Å². The van der Waals surface area contributed by atoms with Gasteiger partial charge in [0.15, 0.2) is 0 Å². The first-order valence-corrected chi connectivity index (χ1v) is 5.65. The Kier molecular flexibility index (Phi) is 3.01. The SMILES string of the molecule is N[C@H](c1c(Cl)cccc1Cl)C1CCC1. The van der Waals surface area contributed by atoms with Gasteiger partial charge in [0.25, 0.3) is 0 Å². The molecule has 76 valence electrons. The van der Waals surface area contributed by atoms with Crippen LogP contribution in [0.5, 0.6) is 0 Å². The second-order valence-corrected chi connectivity index (χ2v) is 4.67. The van der Waals surface area contributed by atoms with Crippen LogP contribution >= 0.6 is 23.2 Å². The van der Waals surface area contributed by atoms with Crippen LogP contribution in [0.3, 0.4) is 0 Å². The number of halogens is 2. The Balaban J connectivity index is 2.29. The Labute approximate surface area is 94.2 Å². The third kappa shape index (κ3) is 1.77. The smallest absolute Gasteiger partial charge is 0.0468 e. The van der Waals surface area contributed by atoms with E-state index >= 15 is 0 Å². The van der Waals surface area contributed by atoms with E-state index in [1.54, 1.807) is 0 Å².